The smallest absolute Gasteiger partial charge is 0.243 e. The third-order valence-corrected chi connectivity index (χ3v) is 4.73. The van der Waals surface area contributed by atoms with Gasteiger partial charge in [-0.1, -0.05) is 0 Å². The van der Waals surface area contributed by atoms with Gasteiger partial charge in [-0.3, -0.25) is 4.68 Å². The maximum atomic E-state index is 12.0. The zero-order valence-electron chi connectivity index (χ0n) is 10.5. The highest BCUT2D eigenvalue weighted by Gasteiger charge is 2.22. The molecule has 1 aliphatic heterocycles. The van der Waals surface area contributed by atoms with Gasteiger partial charge >= 0.3 is 0 Å². The van der Waals surface area contributed by atoms with Gasteiger partial charge in [-0.25, -0.2) is 13.1 Å². The molecule has 8 heteroatoms. The summed E-state index contributed by atoms with van der Waals surface area (Å²) in [5.74, 6) is 0.391. The summed E-state index contributed by atoms with van der Waals surface area (Å²) in [7, 11) is -1.69. The van der Waals surface area contributed by atoms with Gasteiger partial charge in [0, 0.05) is 13.6 Å². The fourth-order valence-corrected chi connectivity index (χ4v) is 3.25. The van der Waals surface area contributed by atoms with Crippen LogP contribution in [0.4, 0.5) is 0 Å². The van der Waals surface area contributed by atoms with Crippen LogP contribution in [0, 0.1) is 12.8 Å². The summed E-state index contributed by atoms with van der Waals surface area (Å²) < 4.78 is 28.3. The summed E-state index contributed by atoms with van der Waals surface area (Å²) in [4.78, 5) is 0.269. The van der Waals surface area contributed by atoms with Crippen LogP contribution >= 0.6 is 12.4 Å². The summed E-state index contributed by atoms with van der Waals surface area (Å²) in [6.45, 7) is 4.09. The van der Waals surface area contributed by atoms with Crippen molar-refractivity contribution in [3.8, 4) is 0 Å². The van der Waals surface area contributed by atoms with Gasteiger partial charge in [-0.05, 0) is 32.4 Å². The highest BCUT2D eigenvalue weighted by atomic mass is 35.5. The Kier molecular flexibility index (Phi) is 5.15. The lowest BCUT2D eigenvalue weighted by molar-refractivity contribution is 0.538. The Morgan fingerprint density at radius 2 is 2.33 bits per heavy atom. The van der Waals surface area contributed by atoms with Crippen LogP contribution in [0.15, 0.2) is 11.1 Å². The zero-order valence-corrected chi connectivity index (χ0v) is 12.1. The van der Waals surface area contributed by atoms with Gasteiger partial charge in [-0.2, -0.15) is 5.10 Å². The lowest BCUT2D eigenvalue weighted by Gasteiger charge is -2.10. The number of hydrogen-bond acceptors (Lipinski definition) is 4. The molecule has 1 aliphatic rings. The largest absolute Gasteiger partial charge is 0.316 e. The minimum Gasteiger partial charge on any atom is -0.316 e. The van der Waals surface area contributed by atoms with E-state index in [0.29, 0.717) is 18.2 Å². The maximum Gasteiger partial charge on any atom is 0.243 e. The second-order valence-corrected chi connectivity index (χ2v) is 6.16. The van der Waals surface area contributed by atoms with Gasteiger partial charge in [0.2, 0.25) is 10.0 Å². The molecule has 1 aromatic heterocycles. The maximum absolute atomic E-state index is 12.0. The molecule has 6 nitrogen and oxygen atoms in total. The molecule has 0 amide bonds. The molecule has 1 aromatic rings. The number of aromatic nitrogens is 2. The van der Waals surface area contributed by atoms with Crippen molar-refractivity contribution in [3.05, 3.63) is 11.9 Å². The van der Waals surface area contributed by atoms with Crippen LogP contribution in [0.3, 0.4) is 0 Å². The number of nitrogens with zero attached hydrogens (tertiary/aromatic N) is 2. The van der Waals surface area contributed by atoms with Crippen molar-refractivity contribution in [2.45, 2.75) is 18.2 Å². The van der Waals surface area contributed by atoms with Crippen molar-refractivity contribution >= 4 is 22.4 Å². The Bertz CT molecular complexity index is 494. The third-order valence-electron chi connectivity index (χ3n) is 3.20. The standard InChI is InChI=1S/C10H18N4O2S.ClH/c1-8-10(7-12-14(8)2)17(15,16)13-6-9-3-4-11-5-9;/h7,9,11,13H,3-6H2,1-2H3;1H. The number of halogens is 1. The van der Waals surface area contributed by atoms with Crippen molar-refractivity contribution in [1.29, 1.82) is 0 Å². The van der Waals surface area contributed by atoms with Gasteiger partial charge in [0.05, 0.1) is 11.9 Å². The Morgan fingerprint density at radius 1 is 1.61 bits per heavy atom. The Labute approximate surface area is 114 Å². The second-order valence-electron chi connectivity index (χ2n) is 4.43. The summed E-state index contributed by atoms with van der Waals surface area (Å²) in [6.07, 6.45) is 2.42. The van der Waals surface area contributed by atoms with Crippen LogP contribution in [0.2, 0.25) is 0 Å². The van der Waals surface area contributed by atoms with Gasteiger partial charge < -0.3 is 5.32 Å². The number of rotatable bonds is 4. The van der Waals surface area contributed by atoms with Gasteiger partial charge in [-0.15, -0.1) is 12.4 Å². The Balaban J connectivity index is 0.00000162. The molecule has 1 saturated heterocycles. The number of nitrogens with one attached hydrogen (secondary N) is 2. The van der Waals surface area contributed by atoms with Crippen LogP contribution < -0.4 is 10.0 Å². The predicted octanol–water partition coefficient (Wildman–Crippen LogP) is 0.0381. The lowest BCUT2D eigenvalue weighted by atomic mass is 10.1. The van der Waals surface area contributed by atoms with Crippen molar-refractivity contribution in [3.63, 3.8) is 0 Å². The molecule has 0 bridgehead atoms. The topological polar surface area (TPSA) is 76.0 Å². The lowest BCUT2D eigenvalue weighted by Crippen LogP contribution is -2.30. The fraction of sp³-hybridized carbons (Fsp3) is 0.700. The predicted molar refractivity (Wildman–Crippen MR) is 71.4 cm³/mol. The zero-order chi connectivity index (χ0) is 12.5. The first-order valence-electron chi connectivity index (χ1n) is 5.69. The summed E-state index contributed by atoms with van der Waals surface area (Å²) in [5.41, 5.74) is 0.655. The highest BCUT2D eigenvalue weighted by molar-refractivity contribution is 7.89. The van der Waals surface area contributed by atoms with Gasteiger partial charge in [0.1, 0.15) is 4.90 Å². The van der Waals surface area contributed by atoms with Crippen LogP contribution in [-0.2, 0) is 17.1 Å². The summed E-state index contributed by atoms with van der Waals surface area (Å²) in [5, 5.41) is 7.16. The molecule has 1 fully saturated rings. The molecule has 2 heterocycles. The molecule has 0 saturated carbocycles. The van der Waals surface area contributed by atoms with E-state index < -0.39 is 10.0 Å². The fourth-order valence-electron chi connectivity index (χ4n) is 1.94. The van der Waals surface area contributed by atoms with Crippen LogP contribution in [0.25, 0.3) is 0 Å². The van der Waals surface area contributed by atoms with Gasteiger partial charge in [0.15, 0.2) is 0 Å². The number of sulfonamides is 1. The van der Waals surface area contributed by atoms with Crippen LogP contribution in [-0.4, -0.2) is 37.8 Å². The number of aryl methyl sites for hydroxylation is 1. The second kappa shape index (κ2) is 6.01. The third kappa shape index (κ3) is 3.23. The van der Waals surface area contributed by atoms with Crippen LogP contribution in [0.1, 0.15) is 12.1 Å². The molecule has 0 spiro atoms. The molecule has 0 aliphatic carbocycles. The van der Waals surface area contributed by atoms with Crippen molar-refractivity contribution in [2.24, 2.45) is 13.0 Å². The molecule has 104 valence electrons. The normalized spacial score (nSPS) is 19.8. The molecule has 2 rings (SSSR count). The average Bonchev–Trinajstić information content (AvgIpc) is 2.88. The quantitative estimate of drug-likeness (QED) is 0.822. The monoisotopic (exact) mass is 294 g/mol. The van der Waals surface area contributed by atoms with Gasteiger partial charge in [0.25, 0.3) is 0 Å². The molecule has 1 unspecified atom stereocenters. The van der Waals surface area contributed by atoms with E-state index in [2.05, 4.69) is 15.1 Å². The molecule has 1 atom stereocenters. The molecule has 2 N–H and O–H groups in total. The van der Waals surface area contributed by atoms with Crippen LogP contribution in [0.5, 0.6) is 0 Å². The van der Waals surface area contributed by atoms with E-state index in [-0.39, 0.29) is 17.3 Å². The molecular weight excluding hydrogens is 276 g/mol. The molecule has 18 heavy (non-hydrogen) atoms. The molecule has 0 aromatic carbocycles. The van der Waals surface area contributed by atoms with E-state index in [4.69, 9.17) is 0 Å². The van der Waals surface area contributed by atoms with Crippen molar-refractivity contribution in [2.75, 3.05) is 19.6 Å². The SMILES string of the molecule is Cc1c(S(=O)(=O)NCC2CCNC2)cnn1C.Cl. The minimum atomic E-state index is -3.42. The van der Waals surface area contributed by atoms with Crippen molar-refractivity contribution in [1.82, 2.24) is 19.8 Å². The van der Waals surface area contributed by atoms with E-state index in [1.165, 1.54) is 6.20 Å². The van der Waals surface area contributed by atoms with Crippen molar-refractivity contribution < 1.29 is 8.42 Å². The average molecular weight is 295 g/mol. The minimum absolute atomic E-state index is 0. The summed E-state index contributed by atoms with van der Waals surface area (Å²) in [6, 6.07) is 0. The first-order valence-corrected chi connectivity index (χ1v) is 7.18. The van der Waals surface area contributed by atoms with E-state index in [9.17, 15) is 8.42 Å². The van der Waals surface area contributed by atoms with E-state index in [0.717, 1.165) is 19.5 Å². The Hall–Kier alpha value is -0.630. The molecular formula is C10H19ClN4O2S. The summed E-state index contributed by atoms with van der Waals surface area (Å²) >= 11 is 0. The number of hydrogen-bond donors (Lipinski definition) is 2. The Morgan fingerprint density at radius 3 is 2.83 bits per heavy atom. The molecule has 0 radical (unpaired) electrons. The first-order chi connectivity index (χ1) is 8.00. The highest BCUT2D eigenvalue weighted by Crippen LogP contribution is 2.14. The first kappa shape index (κ1) is 15.4. The van der Waals surface area contributed by atoms with E-state index in [1.807, 2.05) is 0 Å². The van der Waals surface area contributed by atoms with E-state index in [1.54, 1.807) is 18.7 Å². The van der Waals surface area contributed by atoms with E-state index >= 15 is 0 Å².